The Morgan fingerprint density at radius 1 is 1.09 bits per heavy atom. The van der Waals surface area contributed by atoms with Crippen LogP contribution in [0.3, 0.4) is 0 Å². The predicted molar refractivity (Wildman–Crippen MR) is 118 cm³/mol. The maximum atomic E-state index is 15.3. The standard InChI is InChI=1S/C21H23F2N9O/c22-17-1-2-18(30-5-3-24-4-6-30)19(23)16(17)13-32-20-14(10-27-32)9-25-21(29-20)28-15-11-26-31(12-15)7-8-33/h1-2,9-12,24,33H,3-8,13H2,(H,25,28,29). The number of hydrogen-bond acceptors (Lipinski definition) is 8. The van der Waals surface area contributed by atoms with Crippen LogP contribution in [-0.2, 0) is 13.1 Å². The minimum atomic E-state index is -0.626. The maximum absolute atomic E-state index is 15.3. The molecule has 10 nitrogen and oxygen atoms in total. The normalized spacial score (nSPS) is 14.2. The number of aromatic nitrogens is 6. The van der Waals surface area contributed by atoms with Crippen LogP contribution in [0, 0.1) is 11.6 Å². The van der Waals surface area contributed by atoms with E-state index in [1.807, 2.05) is 4.90 Å². The lowest BCUT2D eigenvalue weighted by atomic mass is 10.1. The molecule has 33 heavy (non-hydrogen) atoms. The number of aliphatic hydroxyl groups excluding tert-OH is 1. The Morgan fingerprint density at radius 3 is 2.76 bits per heavy atom. The third-order valence-electron chi connectivity index (χ3n) is 5.53. The molecule has 0 saturated carbocycles. The number of fused-ring (bicyclic) bond motifs is 1. The van der Waals surface area contributed by atoms with Gasteiger partial charge in [0.25, 0.3) is 0 Å². The molecule has 1 aromatic carbocycles. The molecular formula is C21H23F2N9O. The van der Waals surface area contributed by atoms with E-state index in [9.17, 15) is 4.39 Å². The number of benzene rings is 1. The van der Waals surface area contributed by atoms with E-state index >= 15 is 4.39 Å². The van der Waals surface area contributed by atoms with E-state index in [0.29, 0.717) is 48.0 Å². The lowest BCUT2D eigenvalue weighted by Gasteiger charge is -2.30. The quantitative estimate of drug-likeness (QED) is 0.385. The highest BCUT2D eigenvalue weighted by Gasteiger charge is 2.21. The lowest BCUT2D eigenvalue weighted by molar-refractivity contribution is 0.269. The van der Waals surface area contributed by atoms with Crippen molar-refractivity contribution in [3.05, 3.63) is 54.1 Å². The first-order valence-electron chi connectivity index (χ1n) is 10.6. The highest BCUT2D eigenvalue weighted by molar-refractivity contribution is 5.75. The Morgan fingerprint density at radius 2 is 1.94 bits per heavy atom. The van der Waals surface area contributed by atoms with Crippen LogP contribution in [0.25, 0.3) is 11.0 Å². The summed E-state index contributed by atoms with van der Waals surface area (Å²) in [5, 5.41) is 24.3. The predicted octanol–water partition coefficient (Wildman–Crippen LogP) is 1.49. The molecule has 3 N–H and O–H groups in total. The van der Waals surface area contributed by atoms with Crippen molar-refractivity contribution in [2.24, 2.45) is 0 Å². The molecule has 4 heterocycles. The zero-order chi connectivity index (χ0) is 22.8. The summed E-state index contributed by atoms with van der Waals surface area (Å²) in [6.07, 6.45) is 6.46. The van der Waals surface area contributed by atoms with Gasteiger partial charge in [0.05, 0.1) is 48.9 Å². The molecule has 0 amide bonds. The summed E-state index contributed by atoms with van der Waals surface area (Å²) in [6.45, 7) is 3.06. The number of nitrogens with zero attached hydrogens (tertiary/aromatic N) is 7. The fourth-order valence-corrected chi connectivity index (χ4v) is 3.85. The molecule has 1 saturated heterocycles. The second-order valence-electron chi connectivity index (χ2n) is 7.71. The monoisotopic (exact) mass is 455 g/mol. The lowest BCUT2D eigenvalue weighted by Crippen LogP contribution is -2.44. The smallest absolute Gasteiger partial charge is 0.229 e. The highest BCUT2D eigenvalue weighted by Crippen LogP contribution is 2.26. The first-order valence-corrected chi connectivity index (χ1v) is 10.6. The molecule has 5 rings (SSSR count). The van der Waals surface area contributed by atoms with Gasteiger partial charge in [0, 0.05) is 44.1 Å². The third-order valence-corrected chi connectivity index (χ3v) is 5.53. The number of nitrogens with one attached hydrogen (secondary N) is 2. The zero-order valence-corrected chi connectivity index (χ0v) is 17.7. The summed E-state index contributed by atoms with van der Waals surface area (Å²) >= 11 is 0. The van der Waals surface area contributed by atoms with E-state index in [-0.39, 0.29) is 18.7 Å². The van der Waals surface area contributed by atoms with Crippen LogP contribution in [0.2, 0.25) is 0 Å². The topological polar surface area (TPSA) is 109 Å². The van der Waals surface area contributed by atoms with Crippen LogP contribution in [-0.4, -0.2) is 67.4 Å². The highest BCUT2D eigenvalue weighted by atomic mass is 19.1. The van der Waals surface area contributed by atoms with E-state index in [4.69, 9.17) is 5.11 Å². The van der Waals surface area contributed by atoms with Gasteiger partial charge >= 0.3 is 0 Å². The number of anilines is 3. The molecule has 1 fully saturated rings. The molecule has 0 unspecified atom stereocenters. The summed E-state index contributed by atoms with van der Waals surface area (Å²) < 4.78 is 33.0. The molecule has 1 aliphatic heterocycles. The van der Waals surface area contributed by atoms with Crippen molar-refractivity contribution >= 4 is 28.4 Å². The van der Waals surface area contributed by atoms with E-state index in [1.165, 1.54) is 16.8 Å². The first-order chi connectivity index (χ1) is 16.1. The molecule has 172 valence electrons. The molecule has 4 aromatic rings. The molecule has 0 bridgehead atoms. The maximum Gasteiger partial charge on any atom is 0.229 e. The molecule has 12 heteroatoms. The fourth-order valence-electron chi connectivity index (χ4n) is 3.85. The summed E-state index contributed by atoms with van der Waals surface area (Å²) in [6, 6.07) is 2.79. The van der Waals surface area contributed by atoms with Crippen LogP contribution in [0.5, 0.6) is 0 Å². The Bertz CT molecular complexity index is 1270. The minimum absolute atomic E-state index is 0.0221. The van der Waals surface area contributed by atoms with Crippen molar-refractivity contribution in [3.8, 4) is 0 Å². The van der Waals surface area contributed by atoms with Crippen molar-refractivity contribution in [1.29, 1.82) is 0 Å². The van der Waals surface area contributed by atoms with E-state index in [2.05, 4.69) is 30.8 Å². The van der Waals surface area contributed by atoms with E-state index in [1.54, 1.807) is 29.5 Å². The minimum Gasteiger partial charge on any atom is -0.394 e. The SMILES string of the molecule is OCCn1cc(Nc2ncc3cnn(Cc4c(F)ccc(N5CCNCC5)c4F)c3n2)cn1. The molecule has 0 spiro atoms. The molecule has 0 aliphatic carbocycles. The molecule has 1 aliphatic rings. The van der Waals surface area contributed by atoms with Gasteiger partial charge in [-0.15, -0.1) is 0 Å². The third kappa shape index (κ3) is 4.34. The average molecular weight is 455 g/mol. The van der Waals surface area contributed by atoms with E-state index < -0.39 is 11.6 Å². The number of piperazine rings is 1. The number of halogens is 2. The molecule has 3 aromatic heterocycles. The summed E-state index contributed by atoms with van der Waals surface area (Å²) in [5.74, 6) is -0.911. The van der Waals surface area contributed by atoms with Gasteiger partial charge in [0.1, 0.15) is 5.82 Å². The number of aliphatic hydroxyl groups is 1. The summed E-state index contributed by atoms with van der Waals surface area (Å²) in [4.78, 5) is 10.7. The summed E-state index contributed by atoms with van der Waals surface area (Å²) in [5.41, 5.74) is 1.42. The molecule has 0 atom stereocenters. The van der Waals surface area contributed by atoms with Crippen LogP contribution >= 0.6 is 0 Å². The fraction of sp³-hybridized carbons (Fsp3) is 0.333. The zero-order valence-electron chi connectivity index (χ0n) is 17.7. The van der Waals surface area contributed by atoms with Crippen LogP contribution < -0.4 is 15.5 Å². The Kier molecular flexibility index (Phi) is 5.84. The molecular weight excluding hydrogens is 432 g/mol. The Labute approximate surface area is 187 Å². The Balaban J connectivity index is 1.42. The van der Waals surface area contributed by atoms with Gasteiger partial charge in [0.2, 0.25) is 5.95 Å². The van der Waals surface area contributed by atoms with Crippen LogP contribution in [0.15, 0.2) is 36.9 Å². The van der Waals surface area contributed by atoms with Gasteiger partial charge in [-0.1, -0.05) is 0 Å². The van der Waals surface area contributed by atoms with Gasteiger partial charge in [-0.25, -0.2) is 18.4 Å². The van der Waals surface area contributed by atoms with Gasteiger partial charge in [0.15, 0.2) is 11.5 Å². The van der Waals surface area contributed by atoms with Crippen LogP contribution in [0.1, 0.15) is 5.56 Å². The Hall–Kier alpha value is -3.64. The van der Waals surface area contributed by atoms with E-state index in [0.717, 1.165) is 13.1 Å². The van der Waals surface area contributed by atoms with Gasteiger partial charge < -0.3 is 20.6 Å². The second kappa shape index (κ2) is 9.08. The molecule has 0 radical (unpaired) electrons. The van der Waals surface area contributed by atoms with Crippen molar-refractivity contribution in [3.63, 3.8) is 0 Å². The largest absolute Gasteiger partial charge is 0.394 e. The van der Waals surface area contributed by atoms with Gasteiger partial charge in [-0.3, -0.25) is 4.68 Å². The second-order valence-corrected chi connectivity index (χ2v) is 7.71. The number of hydrogen-bond donors (Lipinski definition) is 3. The average Bonchev–Trinajstić information content (AvgIpc) is 3.44. The van der Waals surface area contributed by atoms with Gasteiger partial charge in [-0.05, 0) is 12.1 Å². The van der Waals surface area contributed by atoms with Crippen molar-refractivity contribution in [2.75, 3.05) is 43.0 Å². The van der Waals surface area contributed by atoms with Crippen molar-refractivity contribution in [1.82, 2.24) is 34.8 Å². The van der Waals surface area contributed by atoms with Gasteiger partial charge in [-0.2, -0.15) is 15.2 Å². The van der Waals surface area contributed by atoms with Crippen molar-refractivity contribution in [2.45, 2.75) is 13.1 Å². The van der Waals surface area contributed by atoms with Crippen molar-refractivity contribution < 1.29 is 13.9 Å². The number of rotatable bonds is 7. The summed E-state index contributed by atoms with van der Waals surface area (Å²) in [7, 11) is 0. The van der Waals surface area contributed by atoms with Crippen LogP contribution in [0.4, 0.5) is 26.1 Å². The first kappa shape index (κ1) is 21.2.